The van der Waals surface area contributed by atoms with Crippen molar-refractivity contribution in [3.05, 3.63) is 0 Å². The Morgan fingerprint density at radius 2 is 2.00 bits per heavy atom. The lowest BCUT2D eigenvalue weighted by atomic mass is 10.5. The highest BCUT2D eigenvalue weighted by Gasteiger charge is 2.04. The van der Waals surface area contributed by atoms with E-state index in [0.29, 0.717) is 6.54 Å². The van der Waals surface area contributed by atoms with Crippen molar-refractivity contribution in [2.45, 2.75) is 20.3 Å². The Morgan fingerprint density at radius 1 is 1.40 bits per heavy atom. The van der Waals surface area contributed by atoms with Gasteiger partial charge in [-0.1, -0.05) is 6.92 Å². The fourth-order valence-electron chi connectivity index (χ4n) is 0.356. The molecule has 0 aromatic rings. The van der Waals surface area contributed by atoms with Crippen LogP contribution in [0.15, 0.2) is 0 Å². The maximum atomic E-state index is 10.5. The highest BCUT2D eigenvalue weighted by molar-refractivity contribution is 5.84. The first kappa shape index (κ1) is 8.94. The van der Waals surface area contributed by atoms with E-state index in [1.54, 1.807) is 13.8 Å². The Labute approximate surface area is 59.6 Å². The van der Waals surface area contributed by atoms with Gasteiger partial charge in [0.05, 0.1) is 0 Å². The summed E-state index contributed by atoms with van der Waals surface area (Å²) in [6.07, 6.45) is -0.453. The molecule has 0 rings (SSSR count). The molecule has 0 aromatic carbocycles. The highest BCUT2D eigenvalue weighted by atomic mass is 16.6. The molecule has 4 nitrogen and oxygen atoms in total. The van der Waals surface area contributed by atoms with E-state index < -0.39 is 12.1 Å². The van der Waals surface area contributed by atoms with Gasteiger partial charge in [-0.25, -0.2) is 4.79 Å². The lowest BCUT2D eigenvalue weighted by molar-refractivity contribution is -0.136. The third-order valence-electron chi connectivity index (χ3n) is 0.816. The molecule has 4 heteroatoms. The molecule has 1 amide bonds. The van der Waals surface area contributed by atoms with Gasteiger partial charge in [-0.15, -0.1) is 0 Å². The minimum atomic E-state index is -0.672. The van der Waals surface area contributed by atoms with Crippen LogP contribution in [-0.2, 0) is 9.53 Å². The zero-order valence-corrected chi connectivity index (χ0v) is 6.14. The van der Waals surface area contributed by atoms with Gasteiger partial charge < -0.3 is 10.1 Å². The van der Waals surface area contributed by atoms with E-state index in [2.05, 4.69) is 10.1 Å². The lowest BCUT2D eigenvalue weighted by Gasteiger charge is -1.99. The Bertz CT molecular complexity index is 133. The molecule has 0 aliphatic heterocycles. The summed E-state index contributed by atoms with van der Waals surface area (Å²) < 4.78 is 4.25. The van der Waals surface area contributed by atoms with Crippen molar-refractivity contribution < 1.29 is 14.3 Å². The van der Waals surface area contributed by atoms with Crippen molar-refractivity contribution in [2.24, 2.45) is 0 Å². The molecule has 0 heterocycles. The number of alkyl carbamates (subject to hydrolysis) is 1. The maximum Gasteiger partial charge on any atom is 0.414 e. The van der Waals surface area contributed by atoms with Crippen molar-refractivity contribution in [1.29, 1.82) is 0 Å². The van der Waals surface area contributed by atoms with Crippen LogP contribution in [0.1, 0.15) is 20.3 Å². The first-order valence-corrected chi connectivity index (χ1v) is 3.19. The van der Waals surface area contributed by atoms with Gasteiger partial charge >= 0.3 is 12.1 Å². The number of rotatable bonds is 2. The summed E-state index contributed by atoms with van der Waals surface area (Å²) in [6, 6.07) is 0. The SMILES string of the molecule is CCNC(=O)OC(=O)CC. The second kappa shape index (κ2) is 4.78. The molecule has 0 fully saturated rings. The van der Waals surface area contributed by atoms with E-state index in [1.165, 1.54) is 0 Å². The number of hydrogen-bond acceptors (Lipinski definition) is 3. The predicted octanol–water partition coefficient (Wildman–Crippen LogP) is 0.669. The van der Waals surface area contributed by atoms with E-state index in [4.69, 9.17) is 0 Å². The number of amides is 1. The number of carbonyl (C=O) groups excluding carboxylic acids is 2. The standard InChI is InChI=1S/C6H11NO3/c1-3-5(8)10-6(9)7-4-2/h3-4H2,1-2H3,(H,7,9). The smallest absolute Gasteiger partial charge is 0.376 e. The van der Waals surface area contributed by atoms with Crippen molar-refractivity contribution in [1.82, 2.24) is 5.32 Å². The Kier molecular flexibility index (Phi) is 4.28. The summed E-state index contributed by atoms with van der Waals surface area (Å²) in [5.41, 5.74) is 0. The van der Waals surface area contributed by atoms with Gasteiger partial charge in [0.1, 0.15) is 0 Å². The zero-order valence-electron chi connectivity index (χ0n) is 6.14. The van der Waals surface area contributed by atoms with Gasteiger partial charge in [0, 0.05) is 13.0 Å². The van der Waals surface area contributed by atoms with Crippen LogP contribution < -0.4 is 5.32 Å². The molecule has 0 bridgehead atoms. The van der Waals surface area contributed by atoms with Crippen molar-refractivity contribution in [3.63, 3.8) is 0 Å². The van der Waals surface area contributed by atoms with Crippen LogP contribution in [-0.4, -0.2) is 18.6 Å². The highest BCUT2D eigenvalue weighted by Crippen LogP contribution is 1.84. The molecule has 58 valence electrons. The summed E-state index contributed by atoms with van der Waals surface area (Å²) in [4.78, 5) is 20.9. The number of hydrogen-bond donors (Lipinski definition) is 1. The molecule has 0 aliphatic carbocycles. The van der Waals surface area contributed by atoms with Gasteiger partial charge in [-0.2, -0.15) is 0 Å². The normalized spacial score (nSPS) is 8.60. The molecule has 0 aliphatic rings. The number of ether oxygens (including phenoxy) is 1. The molecule has 0 aromatic heterocycles. The number of carbonyl (C=O) groups is 2. The minimum absolute atomic E-state index is 0.219. The first-order chi connectivity index (χ1) is 4.70. The first-order valence-electron chi connectivity index (χ1n) is 3.19. The maximum absolute atomic E-state index is 10.5. The second-order valence-corrected chi connectivity index (χ2v) is 1.65. The molecular weight excluding hydrogens is 134 g/mol. The Morgan fingerprint density at radius 3 is 2.40 bits per heavy atom. The summed E-state index contributed by atoms with van der Waals surface area (Å²) >= 11 is 0. The van der Waals surface area contributed by atoms with Crippen molar-refractivity contribution >= 4 is 12.1 Å². The fraction of sp³-hybridized carbons (Fsp3) is 0.667. The molecule has 0 spiro atoms. The Hall–Kier alpha value is -1.06. The third-order valence-corrected chi connectivity index (χ3v) is 0.816. The van der Waals surface area contributed by atoms with Gasteiger partial charge in [0.25, 0.3) is 0 Å². The molecule has 1 N–H and O–H groups in total. The van der Waals surface area contributed by atoms with Crippen LogP contribution in [0.5, 0.6) is 0 Å². The average molecular weight is 145 g/mol. The van der Waals surface area contributed by atoms with Crippen LogP contribution in [0, 0.1) is 0 Å². The topological polar surface area (TPSA) is 55.4 Å². The summed E-state index contributed by atoms with van der Waals surface area (Å²) in [5, 5.41) is 2.33. The van der Waals surface area contributed by atoms with Crippen LogP contribution in [0.3, 0.4) is 0 Å². The number of esters is 1. The predicted molar refractivity (Wildman–Crippen MR) is 35.5 cm³/mol. The number of nitrogens with one attached hydrogen (secondary N) is 1. The average Bonchev–Trinajstić information content (AvgIpc) is 1.88. The fourth-order valence-corrected chi connectivity index (χ4v) is 0.356. The molecular formula is C6H11NO3. The van der Waals surface area contributed by atoms with Gasteiger partial charge in [0.15, 0.2) is 0 Å². The summed E-state index contributed by atoms with van der Waals surface area (Å²) in [6.45, 7) is 3.84. The molecule has 0 radical (unpaired) electrons. The van der Waals surface area contributed by atoms with Crippen LogP contribution in [0.25, 0.3) is 0 Å². The Balaban J connectivity index is 3.47. The van der Waals surface area contributed by atoms with Crippen molar-refractivity contribution in [2.75, 3.05) is 6.54 Å². The minimum Gasteiger partial charge on any atom is -0.376 e. The largest absolute Gasteiger partial charge is 0.414 e. The van der Waals surface area contributed by atoms with Gasteiger partial charge in [-0.3, -0.25) is 4.79 Å². The van der Waals surface area contributed by atoms with E-state index >= 15 is 0 Å². The van der Waals surface area contributed by atoms with E-state index in [1.807, 2.05) is 0 Å². The summed E-state index contributed by atoms with van der Waals surface area (Å²) in [5.74, 6) is -0.508. The third kappa shape index (κ3) is 3.88. The van der Waals surface area contributed by atoms with E-state index in [9.17, 15) is 9.59 Å². The monoisotopic (exact) mass is 145 g/mol. The molecule has 0 atom stereocenters. The molecule has 10 heavy (non-hydrogen) atoms. The van der Waals surface area contributed by atoms with E-state index in [0.717, 1.165) is 0 Å². The quantitative estimate of drug-likeness (QED) is 0.459. The van der Waals surface area contributed by atoms with Gasteiger partial charge in [0.2, 0.25) is 0 Å². The molecule has 0 saturated heterocycles. The van der Waals surface area contributed by atoms with Crippen molar-refractivity contribution in [3.8, 4) is 0 Å². The van der Waals surface area contributed by atoms with Gasteiger partial charge in [-0.05, 0) is 6.92 Å². The molecule has 0 unspecified atom stereocenters. The zero-order chi connectivity index (χ0) is 7.98. The van der Waals surface area contributed by atoms with Crippen LogP contribution >= 0.6 is 0 Å². The van der Waals surface area contributed by atoms with Crippen LogP contribution in [0.2, 0.25) is 0 Å². The summed E-state index contributed by atoms with van der Waals surface area (Å²) in [7, 11) is 0. The van der Waals surface area contributed by atoms with E-state index in [-0.39, 0.29) is 6.42 Å². The van der Waals surface area contributed by atoms with Crippen LogP contribution in [0.4, 0.5) is 4.79 Å². The second-order valence-electron chi connectivity index (χ2n) is 1.65. The lowest BCUT2D eigenvalue weighted by Crippen LogP contribution is -2.25. The molecule has 0 saturated carbocycles.